The maximum atomic E-state index is 11.9. The van der Waals surface area contributed by atoms with Crippen molar-refractivity contribution in [3.8, 4) is 5.75 Å². The zero-order valence-corrected chi connectivity index (χ0v) is 14.5. The molecule has 2 aromatic carbocycles. The number of carbonyl (C=O) groups is 2. The third-order valence-corrected chi connectivity index (χ3v) is 3.85. The van der Waals surface area contributed by atoms with Crippen LogP contribution < -0.4 is 10.1 Å². The lowest BCUT2D eigenvalue weighted by Crippen LogP contribution is -2.28. The second-order valence-electron chi connectivity index (χ2n) is 5.80. The van der Waals surface area contributed by atoms with Crippen LogP contribution in [0.4, 0.5) is 0 Å². The first-order valence-corrected chi connectivity index (χ1v) is 8.18. The van der Waals surface area contributed by atoms with Crippen LogP contribution in [0.25, 0.3) is 0 Å². The van der Waals surface area contributed by atoms with Crippen molar-refractivity contribution in [3.63, 3.8) is 0 Å². The first-order chi connectivity index (χ1) is 12.1. The van der Waals surface area contributed by atoms with Crippen LogP contribution in [0, 0.1) is 0 Å². The van der Waals surface area contributed by atoms with Crippen molar-refractivity contribution in [1.82, 2.24) is 5.32 Å². The Balaban J connectivity index is 1.69. The number of hydrogen-bond acceptors (Lipinski definition) is 4. The smallest absolute Gasteiger partial charge is 0.306 e. The normalized spacial score (nSPS) is 11.4. The Labute approximate surface area is 148 Å². The molecule has 0 spiro atoms. The van der Waals surface area contributed by atoms with E-state index >= 15 is 0 Å². The van der Waals surface area contributed by atoms with Crippen LogP contribution in [-0.4, -0.2) is 25.6 Å². The Morgan fingerprint density at radius 1 is 1.04 bits per heavy atom. The Bertz CT molecular complexity index is 683. The third kappa shape index (κ3) is 6.30. The van der Waals surface area contributed by atoms with Crippen molar-refractivity contribution in [2.45, 2.75) is 25.8 Å². The van der Waals surface area contributed by atoms with E-state index in [1.54, 1.807) is 7.11 Å². The molecule has 1 N–H and O–H groups in total. The molecule has 2 rings (SSSR count). The molecule has 0 unspecified atom stereocenters. The highest BCUT2D eigenvalue weighted by Gasteiger charge is 2.13. The quantitative estimate of drug-likeness (QED) is 0.750. The summed E-state index contributed by atoms with van der Waals surface area (Å²) in [6.07, 6.45) is 0.246. The van der Waals surface area contributed by atoms with Crippen molar-refractivity contribution < 1.29 is 19.1 Å². The summed E-state index contributed by atoms with van der Waals surface area (Å²) in [6.45, 7) is 2.07. The maximum Gasteiger partial charge on any atom is 0.306 e. The molecule has 1 atom stereocenters. The Morgan fingerprint density at radius 3 is 2.36 bits per heavy atom. The number of rotatable bonds is 8. The van der Waals surface area contributed by atoms with E-state index in [0.29, 0.717) is 6.54 Å². The van der Waals surface area contributed by atoms with Crippen LogP contribution in [0.2, 0.25) is 0 Å². The predicted octanol–water partition coefficient (Wildman–Crippen LogP) is 3.05. The van der Waals surface area contributed by atoms with E-state index < -0.39 is 0 Å². The molecule has 0 aromatic heterocycles. The van der Waals surface area contributed by atoms with Gasteiger partial charge >= 0.3 is 5.97 Å². The number of amides is 1. The molecule has 0 fully saturated rings. The molecule has 25 heavy (non-hydrogen) atoms. The number of carbonyl (C=O) groups excluding carboxylic acids is 2. The van der Waals surface area contributed by atoms with E-state index in [1.165, 1.54) is 0 Å². The van der Waals surface area contributed by atoms with Gasteiger partial charge in [0.05, 0.1) is 13.5 Å². The number of hydrogen-bond donors (Lipinski definition) is 1. The summed E-state index contributed by atoms with van der Waals surface area (Å²) in [5.41, 5.74) is 2.02. The van der Waals surface area contributed by atoms with E-state index in [0.717, 1.165) is 16.9 Å². The molecule has 2 aromatic rings. The van der Waals surface area contributed by atoms with Crippen LogP contribution in [0.15, 0.2) is 54.6 Å². The van der Waals surface area contributed by atoms with Crippen LogP contribution in [0.3, 0.4) is 0 Å². The molecule has 0 saturated heterocycles. The first kappa shape index (κ1) is 18.5. The molecule has 0 aliphatic heterocycles. The molecule has 0 radical (unpaired) electrons. The van der Waals surface area contributed by atoms with E-state index in [9.17, 15) is 9.59 Å². The highest BCUT2D eigenvalue weighted by atomic mass is 16.5. The van der Waals surface area contributed by atoms with Crippen LogP contribution in [0.5, 0.6) is 5.75 Å². The van der Waals surface area contributed by atoms with Gasteiger partial charge < -0.3 is 14.8 Å². The third-order valence-electron chi connectivity index (χ3n) is 3.85. The van der Waals surface area contributed by atoms with Gasteiger partial charge in [0.2, 0.25) is 0 Å². The fourth-order valence-electron chi connectivity index (χ4n) is 2.35. The minimum Gasteiger partial charge on any atom is -0.497 e. The molecule has 1 amide bonds. The summed E-state index contributed by atoms with van der Waals surface area (Å²) in [5, 5.41) is 2.72. The van der Waals surface area contributed by atoms with E-state index in [1.807, 2.05) is 61.5 Å². The zero-order chi connectivity index (χ0) is 18.1. The highest BCUT2D eigenvalue weighted by Crippen LogP contribution is 2.18. The number of methoxy groups -OCH3 is 1. The Morgan fingerprint density at radius 2 is 1.72 bits per heavy atom. The Hall–Kier alpha value is -2.82. The molecular weight excluding hydrogens is 318 g/mol. The van der Waals surface area contributed by atoms with E-state index in [4.69, 9.17) is 9.47 Å². The SMILES string of the molecule is COc1ccc(CNC(=O)COC(=O)C[C@@H](C)c2ccccc2)cc1. The van der Waals surface area contributed by atoms with Crippen LogP contribution >= 0.6 is 0 Å². The number of benzene rings is 2. The molecule has 0 aliphatic rings. The summed E-state index contributed by atoms with van der Waals surface area (Å²) >= 11 is 0. The van der Waals surface area contributed by atoms with Gasteiger partial charge in [-0.3, -0.25) is 9.59 Å². The van der Waals surface area contributed by atoms with E-state index in [2.05, 4.69) is 5.32 Å². The lowest BCUT2D eigenvalue weighted by molar-refractivity contribution is -0.148. The summed E-state index contributed by atoms with van der Waals surface area (Å²) in [4.78, 5) is 23.6. The Kier molecular flexibility index (Phi) is 7.01. The van der Waals surface area contributed by atoms with E-state index in [-0.39, 0.29) is 30.8 Å². The van der Waals surface area contributed by atoms with Crippen molar-refractivity contribution in [2.24, 2.45) is 0 Å². The molecular formula is C20H23NO4. The van der Waals surface area contributed by atoms with Gasteiger partial charge in [0.25, 0.3) is 5.91 Å². The molecule has 0 bridgehead atoms. The van der Waals surface area contributed by atoms with Gasteiger partial charge in [0, 0.05) is 6.54 Å². The van der Waals surface area contributed by atoms with Gasteiger partial charge in [-0.05, 0) is 29.2 Å². The average molecular weight is 341 g/mol. The first-order valence-electron chi connectivity index (χ1n) is 8.18. The van der Waals surface area contributed by atoms with Gasteiger partial charge in [-0.15, -0.1) is 0 Å². The minimum absolute atomic E-state index is 0.0519. The standard InChI is InChI=1S/C20H23NO4/c1-15(17-6-4-3-5-7-17)12-20(23)25-14-19(22)21-13-16-8-10-18(24-2)11-9-16/h3-11,15H,12-14H2,1-2H3,(H,21,22)/t15-/m1/s1. The minimum atomic E-state index is -0.379. The highest BCUT2D eigenvalue weighted by molar-refractivity contribution is 5.80. The fraction of sp³-hybridized carbons (Fsp3) is 0.300. The average Bonchev–Trinajstić information content (AvgIpc) is 2.65. The molecule has 5 nitrogen and oxygen atoms in total. The van der Waals surface area contributed by atoms with Crippen molar-refractivity contribution in [2.75, 3.05) is 13.7 Å². The molecule has 0 heterocycles. The number of esters is 1. The fourth-order valence-corrected chi connectivity index (χ4v) is 2.35. The summed E-state index contributed by atoms with van der Waals surface area (Å²) in [5.74, 6) is 0.111. The second-order valence-corrected chi connectivity index (χ2v) is 5.80. The van der Waals surface area contributed by atoms with Crippen molar-refractivity contribution >= 4 is 11.9 Å². The van der Waals surface area contributed by atoms with Crippen molar-refractivity contribution in [3.05, 3.63) is 65.7 Å². The lowest BCUT2D eigenvalue weighted by Gasteiger charge is -2.11. The molecule has 5 heteroatoms. The lowest BCUT2D eigenvalue weighted by atomic mass is 9.98. The van der Waals surface area contributed by atoms with Gasteiger partial charge in [-0.1, -0.05) is 49.4 Å². The molecule has 0 saturated carbocycles. The number of ether oxygens (including phenoxy) is 2. The summed E-state index contributed by atoms with van der Waals surface area (Å²) in [6, 6.07) is 17.1. The second kappa shape index (κ2) is 9.47. The van der Waals surface area contributed by atoms with Crippen molar-refractivity contribution in [1.29, 1.82) is 0 Å². The monoisotopic (exact) mass is 341 g/mol. The largest absolute Gasteiger partial charge is 0.497 e. The van der Waals surface area contributed by atoms with Gasteiger partial charge in [-0.25, -0.2) is 0 Å². The number of nitrogens with one attached hydrogen (secondary N) is 1. The predicted molar refractivity (Wildman–Crippen MR) is 95.3 cm³/mol. The van der Waals surface area contributed by atoms with Crippen LogP contribution in [0.1, 0.15) is 30.4 Å². The van der Waals surface area contributed by atoms with Gasteiger partial charge in [0.1, 0.15) is 5.75 Å². The summed E-state index contributed by atoms with van der Waals surface area (Å²) < 4.78 is 10.1. The van der Waals surface area contributed by atoms with Gasteiger partial charge in [-0.2, -0.15) is 0 Å². The van der Waals surface area contributed by atoms with Gasteiger partial charge in [0.15, 0.2) is 6.61 Å². The summed E-state index contributed by atoms with van der Waals surface area (Å²) in [7, 11) is 1.60. The zero-order valence-electron chi connectivity index (χ0n) is 14.5. The topological polar surface area (TPSA) is 64.6 Å². The maximum absolute atomic E-state index is 11.9. The van der Waals surface area contributed by atoms with Crippen LogP contribution in [-0.2, 0) is 20.9 Å². The molecule has 0 aliphatic carbocycles. The molecule has 132 valence electrons.